The number of allylic oxidation sites excluding steroid dienone is 1. The molecule has 0 aliphatic carbocycles. The zero-order chi connectivity index (χ0) is 18.4. The Morgan fingerprint density at radius 1 is 1.40 bits per heavy atom. The predicted molar refractivity (Wildman–Crippen MR) is 111 cm³/mol. The average Bonchev–Trinajstić information content (AvgIpc) is 3.00. The summed E-state index contributed by atoms with van der Waals surface area (Å²) in [7, 11) is 1.68. The Morgan fingerprint density at radius 3 is 2.76 bits per heavy atom. The first-order chi connectivity index (χ1) is 12.1. The number of cyclic esters (lactones) is 1. The van der Waals surface area contributed by atoms with Crippen LogP contribution in [-0.4, -0.2) is 30.0 Å². The van der Waals surface area contributed by atoms with E-state index in [1.54, 1.807) is 8.93 Å². The number of carbonyl (C=O) groups excluding carboxylic acids is 1. The number of benzene rings is 1. The number of halogens is 1. The smallest absolute Gasteiger partial charge is 0.342 e. The highest BCUT2D eigenvalue weighted by Crippen LogP contribution is 2.39. The summed E-state index contributed by atoms with van der Waals surface area (Å²) < 4.78 is 11.4. The molecule has 2 rings (SSSR count). The second-order valence-corrected chi connectivity index (χ2v) is 8.43. The highest BCUT2D eigenvalue weighted by Gasteiger charge is 2.31. The molecule has 6 heteroatoms. The van der Waals surface area contributed by atoms with E-state index < -0.39 is 0 Å². The molecule has 0 unspecified atom stereocenters. The van der Waals surface area contributed by atoms with E-state index in [-0.39, 0.29) is 12.6 Å². The Hall–Kier alpha value is -0.730. The van der Waals surface area contributed by atoms with Gasteiger partial charge in [0.25, 0.3) is 0 Å². The Labute approximate surface area is 165 Å². The van der Waals surface area contributed by atoms with Crippen LogP contribution >= 0.6 is 30.1 Å². The number of esters is 1. The normalized spacial score (nSPS) is 13.8. The van der Waals surface area contributed by atoms with Gasteiger partial charge in [0.05, 0.1) is 13.2 Å². The van der Waals surface area contributed by atoms with Crippen LogP contribution in [0.4, 0.5) is 0 Å². The molecule has 4 nitrogen and oxygen atoms in total. The molecular weight excluding hydrogens is 451 g/mol. The molecule has 1 N–H and O–H groups in total. The Bertz CT molecular complexity index is 664. The lowest BCUT2D eigenvalue weighted by Crippen LogP contribution is -2.11. The summed E-state index contributed by atoms with van der Waals surface area (Å²) in [6, 6.07) is 0. The number of carbonyl (C=O) groups is 1. The van der Waals surface area contributed by atoms with Gasteiger partial charge in [-0.1, -0.05) is 28.9 Å². The Kier molecular flexibility index (Phi) is 8.09. The molecule has 1 heterocycles. The zero-order valence-corrected chi connectivity index (χ0v) is 18.0. The van der Waals surface area contributed by atoms with Gasteiger partial charge in [-0.2, -0.15) is 0 Å². The third-order valence-electron chi connectivity index (χ3n) is 4.64. The maximum atomic E-state index is 12.3. The van der Waals surface area contributed by atoms with E-state index >= 15 is 0 Å². The van der Waals surface area contributed by atoms with E-state index in [0.29, 0.717) is 30.9 Å². The van der Waals surface area contributed by atoms with Crippen LogP contribution in [0, 0.1) is 6.92 Å². The number of aliphatic hydroxyl groups is 1. The van der Waals surface area contributed by atoms with E-state index in [1.807, 2.05) is 6.92 Å². The second kappa shape index (κ2) is 9.83. The van der Waals surface area contributed by atoms with Crippen LogP contribution in [0.1, 0.15) is 52.9 Å². The summed E-state index contributed by atoms with van der Waals surface area (Å²) in [6.07, 6.45) is 4.39. The van der Waals surface area contributed by atoms with Crippen molar-refractivity contribution in [3.8, 4) is 5.75 Å². The largest absolute Gasteiger partial charge is 0.491 e. The van der Waals surface area contributed by atoms with Crippen molar-refractivity contribution >= 4 is 36.1 Å². The quantitative estimate of drug-likeness (QED) is 0.245. The van der Waals surface area contributed by atoms with Crippen LogP contribution in [0.25, 0.3) is 0 Å². The van der Waals surface area contributed by atoms with Gasteiger partial charge in [0.1, 0.15) is 17.9 Å². The van der Waals surface area contributed by atoms with Gasteiger partial charge in [-0.3, -0.25) is 0 Å². The number of ether oxygens (including phenoxy) is 2. The Morgan fingerprint density at radius 2 is 2.16 bits per heavy atom. The summed E-state index contributed by atoms with van der Waals surface area (Å²) in [5.41, 5.74) is 5.96. The van der Waals surface area contributed by atoms with Crippen molar-refractivity contribution < 1.29 is 19.4 Å². The third kappa shape index (κ3) is 4.52. The summed E-state index contributed by atoms with van der Waals surface area (Å²) in [5.74, 6) is 1.24. The van der Waals surface area contributed by atoms with Crippen LogP contribution in [0.2, 0.25) is 0 Å². The molecule has 1 aliphatic heterocycles. The minimum atomic E-state index is -0.291. The second-order valence-electron chi connectivity index (χ2n) is 5.93. The molecule has 25 heavy (non-hydrogen) atoms. The van der Waals surface area contributed by atoms with Gasteiger partial charge in [-0.15, -0.1) is 0 Å². The summed E-state index contributed by atoms with van der Waals surface area (Å²) >= 11 is 2.24. The maximum Gasteiger partial charge on any atom is 0.342 e. The van der Waals surface area contributed by atoms with Crippen molar-refractivity contribution in [1.29, 1.82) is 0 Å². The average molecular weight is 476 g/mol. The van der Waals surface area contributed by atoms with Gasteiger partial charge in [-0.05, 0) is 64.1 Å². The monoisotopic (exact) mass is 476 g/mol. The number of fused-ring (bicyclic) bond motifs is 1. The molecule has 1 aromatic rings. The maximum absolute atomic E-state index is 12.3. The first-order valence-electron chi connectivity index (χ1n) is 8.58. The van der Waals surface area contributed by atoms with E-state index in [1.165, 1.54) is 5.56 Å². The standard InChI is InChI=1S/C19H25IO4S/c1-4-13(10-21)6-7-15-14(5-2)12(3)16-11-24-19(22)17(16)18(15)23-8-9-25-20/h6,21H,4-5,7-11H2,1-3H3/b13-6+. The van der Waals surface area contributed by atoms with Crippen molar-refractivity contribution in [2.75, 3.05) is 19.0 Å². The summed E-state index contributed by atoms with van der Waals surface area (Å²) in [5, 5.41) is 9.45. The molecule has 0 spiro atoms. The summed E-state index contributed by atoms with van der Waals surface area (Å²) in [4.78, 5) is 12.3. The molecule has 0 radical (unpaired) electrons. The van der Waals surface area contributed by atoms with Crippen LogP contribution < -0.4 is 4.74 Å². The molecule has 0 saturated heterocycles. The minimum Gasteiger partial charge on any atom is -0.491 e. The van der Waals surface area contributed by atoms with Crippen molar-refractivity contribution in [1.82, 2.24) is 0 Å². The predicted octanol–water partition coefficient (Wildman–Crippen LogP) is 4.56. The Balaban J connectivity index is 2.56. The summed E-state index contributed by atoms with van der Waals surface area (Å²) in [6.45, 7) is 7.16. The number of aliphatic hydroxyl groups excluding tert-OH is 1. The van der Waals surface area contributed by atoms with Crippen LogP contribution in [0.15, 0.2) is 11.6 Å². The highest BCUT2D eigenvalue weighted by atomic mass is 127. The highest BCUT2D eigenvalue weighted by molar-refractivity contribution is 14.2. The molecule has 1 aliphatic rings. The molecule has 0 amide bonds. The van der Waals surface area contributed by atoms with Crippen molar-refractivity contribution in [3.63, 3.8) is 0 Å². The molecule has 0 saturated carbocycles. The van der Waals surface area contributed by atoms with Crippen molar-refractivity contribution in [3.05, 3.63) is 39.5 Å². The number of rotatable bonds is 9. The van der Waals surface area contributed by atoms with Gasteiger partial charge in [0, 0.05) is 16.9 Å². The van der Waals surface area contributed by atoms with E-state index in [2.05, 4.69) is 41.1 Å². The zero-order valence-electron chi connectivity index (χ0n) is 15.0. The van der Waals surface area contributed by atoms with Gasteiger partial charge in [0.2, 0.25) is 0 Å². The third-order valence-corrected chi connectivity index (χ3v) is 6.28. The molecule has 138 valence electrons. The molecule has 0 atom stereocenters. The lowest BCUT2D eigenvalue weighted by molar-refractivity contribution is 0.0532. The van der Waals surface area contributed by atoms with Crippen molar-refractivity contribution in [2.45, 2.75) is 46.6 Å². The fourth-order valence-corrected chi connectivity index (χ4v) is 3.91. The first kappa shape index (κ1) is 20.6. The van der Waals surface area contributed by atoms with Gasteiger partial charge in [0.15, 0.2) is 0 Å². The topological polar surface area (TPSA) is 55.8 Å². The molecule has 0 bridgehead atoms. The van der Waals surface area contributed by atoms with E-state index in [0.717, 1.165) is 40.9 Å². The fourth-order valence-electron chi connectivity index (χ4n) is 3.22. The van der Waals surface area contributed by atoms with E-state index in [4.69, 9.17) is 9.47 Å². The molecular formula is C19H25IO4S. The fraction of sp³-hybridized carbons (Fsp3) is 0.526. The lowest BCUT2D eigenvalue weighted by Gasteiger charge is -2.20. The molecule has 0 aromatic heterocycles. The lowest BCUT2D eigenvalue weighted by atomic mass is 9.89. The number of hydrogen-bond acceptors (Lipinski definition) is 5. The SMILES string of the molecule is CC/C(=C\Cc1c(CC)c(C)c2c(c1OCCSI)C(=O)OC2)CO. The molecule has 0 fully saturated rings. The van der Waals surface area contributed by atoms with Crippen LogP contribution in [0.3, 0.4) is 0 Å². The van der Waals surface area contributed by atoms with Crippen LogP contribution in [0.5, 0.6) is 5.75 Å². The van der Waals surface area contributed by atoms with Gasteiger partial charge >= 0.3 is 5.97 Å². The minimum absolute atomic E-state index is 0.0611. The van der Waals surface area contributed by atoms with E-state index in [9.17, 15) is 9.90 Å². The van der Waals surface area contributed by atoms with Gasteiger partial charge in [-0.25, -0.2) is 4.79 Å². The number of hydrogen-bond donors (Lipinski definition) is 1. The van der Waals surface area contributed by atoms with Gasteiger partial charge < -0.3 is 14.6 Å². The first-order valence-corrected chi connectivity index (χ1v) is 12.1. The van der Waals surface area contributed by atoms with Crippen molar-refractivity contribution in [2.24, 2.45) is 0 Å². The van der Waals surface area contributed by atoms with Crippen LogP contribution in [-0.2, 0) is 24.2 Å². The molecule has 1 aromatic carbocycles.